The average Bonchev–Trinajstić information content (AvgIpc) is 3.28. The molecule has 0 saturated carbocycles. The van der Waals surface area contributed by atoms with Gasteiger partial charge in [-0.1, -0.05) is 23.7 Å². The van der Waals surface area contributed by atoms with E-state index >= 15 is 0 Å². The normalized spacial score (nSPS) is 12.4. The Hall–Kier alpha value is -3.58. The summed E-state index contributed by atoms with van der Waals surface area (Å²) in [7, 11) is -2.77. The van der Waals surface area contributed by atoms with Gasteiger partial charge in [-0.15, -0.1) is 5.10 Å². The van der Waals surface area contributed by atoms with Gasteiger partial charge < -0.3 is 25.6 Å². The lowest BCUT2D eigenvalue weighted by Crippen LogP contribution is -2.26. The molecule has 0 saturated heterocycles. The lowest BCUT2D eigenvalue weighted by atomic mass is 10.1. The minimum Gasteiger partial charge on any atom is -0.492 e. The van der Waals surface area contributed by atoms with Crippen molar-refractivity contribution < 1.29 is 27.4 Å². The molecule has 0 aliphatic carbocycles. The molecule has 4 rings (SSSR count). The monoisotopic (exact) mass is 549 g/mol. The fourth-order valence-corrected chi connectivity index (χ4v) is 5.16. The van der Waals surface area contributed by atoms with E-state index in [1.165, 1.54) is 18.2 Å². The third kappa shape index (κ3) is 6.05. The molecule has 6 N–H and O–H groups in total. The predicted molar refractivity (Wildman–Crippen MR) is 139 cm³/mol. The highest BCUT2D eigenvalue weighted by Crippen LogP contribution is 2.32. The summed E-state index contributed by atoms with van der Waals surface area (Å²) < 4.78 is 52.6. The molecule has 37 heavy (non-hydrogen) atoms. The van der Waals surface area contributed by atoms with Gasteiger partial charge in [-0.3, -0.25) is 9.82 Å². The molecule has 3 aromatic carbocycles. The van der Waals surface area contributed by atoms with Crippen molar-refractivity contribution in [1.29, 1.82) is 0 Å². The van der Waals surface area contributed by atoms with E-state index in [1.54, 1.807) is 19.2 Å². The molecule has 0 fully saturated rings. The molecule has 1 aromatic heterocycles. The van der Waals surface area contributed by atoms with E-state index in [1.807, 2.05) is 12.1 Å². The largest absolute Gasteiger partial charge is 0.492 e. The van der Waals surface area contributed by atoms with Gasteiger partial charge in [0.15, 0.2) is 0 Å². The van der Waals surface area contributed by atoms with Crippen molar-refractivity contribution in [2.45, 2.75) is 11.0 Å². The average molecular weight is 550 g/mol. The topological polar surface area (TPSA) is 152 Å². The first kappa shape index (κ1) is 26.5. The van der Waals surface area contributed by atoms with E-state index in [4.69, 9.17) is 26.8 Å². The summed E-state index contributed by atoms with van der Waals surface area (Å²) in [5.74, 6) is 0.190. The maximum Gasteiger partial charge on any atom is 0.264 e. The van der Waals surface area contributed by atoms with E-state index in [-0.39, 0.29) is 22.9 Å². The van der Waals surface area contributed by atoms with Gasteiger partial charge in [-0.05, 0) is 36.4 Å². The zero-order valence-electron chi connectivity index (χ0n) is 19.7. The highest BCUT2D eigenvalue weighted by molar-refractivity contribution is 7.92. The van der Waals surface area contributed by atoms with E-state index in [0.717, 1.165) is 23.0 Å². The number of methoxy groups -OCH3 is 1. The second-order valence-corrected chi connectivity index (χ2v) is 10.0. The minimum atomic E-state index is -4.31. The van der Waals surface area contributed by atoms with Gasteiger partial charge in [-0.25, -0.2) is 12.8 Å². The smallest absolute Gasteiger partial charge is 0.264 e. The number of aliphatic hydroxyl groups excluding tert-OH is 1. The zero-order valence-corrected chi connectivity index (χ0v) is 21.2. The van der Waals surface area contributed by atoms with E-state index in [9.17, 15) is 17.9 Å². The van der Waals surface area contributed by atoms with Gasteiger partial charge in [0.1, 0.15) is 23.1 Å². The van der Waals surface area contributed by atoms with E-state index < -0.39 is 26.8 Å². The molecule has 0 bridgehead atoms. The van der Waals surface area contributed by atoms with Crippen molar-refractivity contribution in [3.8, 4) is 11.6 Å². The van der Waals surface area contributed by atoms with Crippen LogP contribution in [0.5, 0.6) is 11.6 Å². The van der Waals surface area contributed by atoms with Crippen LogP contribution in [0.2, 0.25) is 5.02 Å². The SMILES string of the molecule is COc1n[nH]c2cc(OCCNCC(O)c3cccc(NS(=O)(=O)c4cc(N)ccc4F)c3Cl)ccc12. The maximum absolute atomic E-state index is 14.1. The number of nitrogens with zero attached hydrogens (tertiary/aromatic N) is 1. The van der Waals surface area contributed by atoms with Gasteiger partial charge in [0.05, 0.1) is 34.8 Å². The third-order valence-corrected chi connectivity index (χ3v) is 7.26. The zero-order chi connectivity index (χ0) is 26.6. The lowest BCUT2D eigenvalue weighted by molar-refractivity contribution is 0.172. The third-order valence-electron chi connectivity index (χ3n) is 5.45. The van der Waals surface area contributed by atoms with Crippen molar-refractivity contribution in [2.75, 3.05) is 37.3 Å². The predicted octanol–water partition coefficient (Wildman–Crippen LogP) is 3.45. The number of anilines is 2. The van der Waals surface area contributed by atoms with Gasteiger partial charge in [0.25, 0.3) is 10.0 Å². The number of aromatic nitrogens is 2. The van der Waals surface area contributed by atoms with Gasteiger partial charge in [0.2, 0.25) is 5.88 Å². The summed E-state index contributed by atoms with van der Waals surface area (Å²) in [5.41, 5.74) is 6.76. The van der Waals surface area contributed by atoms with Crippen molar-refractivity contribution in [2.24, 2.45) is 0 Å². The number of hydrogen-bond acceptors (Lipinski definition) is 8. The van der Waals surface area contributed by atoms with Crippen LogP contribution in [-0.2, 0) is 10.0 Å². The number of nitrogens with two attached hydrogens (primary N) is 1. The number of rotatable bonds is 11. The quantitative estimate of drug-likeness (QED) is 0.141. The van der Waals surface area contributed by atoms with Crippen molar-refractivity contribution in [1.82, 2.24) is 15.5 Å². The summed E-state index contributed by atoms with van der Waals surface area (Å²) in [6, 6.07) is 13.2. The number of halogens is 2. The van der Waals surface area contributed by atoms with Crippen molar-refractivity contribution in [3.05, 3.63) is 71.0 Å². The van der Waals surface area contributed by atoms with E-state index in [2.05, 4.69) is 20.2 Å². The molecule has 1 heterocycles. The maximum atomic E-state index is 14.1. The molecule has 0 spiro atoms. The number of aliphatic hydroxyl groups is 1. The molecule has 0 radical (unpaired) electrons. The summed E-state index contributed by atoms with van der Waals surface area (Å²) in [5, 5.41) is 21.4. The number of hydrogen-bond donors (Lipinski definition) is 5. The standard InChI is InChI=1S/C24H25ClFN5O5S/c1-35-24-16-7-6-15(12-20(16)29-30-24)36-10-9-28-13-21(32)17-3-2-4-19(23(17)25)31-37(33,34)22-11-14(27)5-8-18(22)26/h2-8,11-12,21,28,31-32H,9-10,13,27H2,1H3,(H,29,30). The Kier molecular flexibility index (Phi) is 8.03. The van der Waals surface area contributed by atoms with E-state index in [0.29, 0.717) is 30.3 Å². The molecule has 10 nitrogen and oxygen atoms in total. The number of benzene rings is 3. The second kappa shape index (κ2) is 11.2. The summed E-state index contributed by atoms with van der Waals surface area (Å²) >= 11 is 6.37. The van der Waals surface area contributed by atoms with Crippen LogP contribution in [0, 0.1) is 5.82 Å². The van der Waals surface area contributed by atoms with Crippen LogP contribution < -0.4 is 25.2 Å². The van der Waals surface area contributed by atoms with Crippen LogP contribution in [0.15, 0.2) is 59.5 Å². The summed E-state index contributed by atoms with van der Waals surface area (Å²) in [6.07, 6.45) is -1.05. The molecule has 4 aromatic rings. The fraction of sp³-hybridized carbons (Fsp3) is 0.208. The van der Waals surface area contributed by atoms with Gasteiger partial charge in [-0.2, -0.15) is 0 Å². The number of nitrogen functional groups attached to an aromatic ring is 1. The number of H-pyrrole nitrogens is 1. The number of aromatic amines is 1. The Morgan fingerprint density at radius 2 is 2.03 bits per heavy atom. The number of fused-ring (bicyclic) bond motifs is 1. The highest BCUT2D eigenvalue weighted by Gasteiger charge is 2.22. The fourth-order valence-electron chi connectivity index (χ4n) is 3.62. The van der Waals surface area contributed by atoms with Gasteiger partial charge >= 0.3 is 0 Å². The number of nitrogens with one attached hydrogen (secondary N) is 3. The van der Waals surface area contributed by atoms with Crippen LogP contribution in [0.1, 0.15) is 11.7 Å². The van der Waals surface area contributed by atoms with Crippen LogP contribution >= 0.6 is 11.6 Å². The summed E-state index contributed by atoms with van der Waals surface area (Å²) in [6.45, 7) is 0.864. The molecule has 13 heteroatoms. The molecule has 1 atom stereocenters. The molecular formula is C24H25ClFN5O5S. The molecule has 0 amide bonds. The molecule has 1 unspecified atom stereocenters. The van der Waals surface area contributed by atoms with Crippen LogP contribution in [0.25, 0.3) is 10.9 Å². The Labute approximate surface area is 217 Å². The molecule has 0 aliphatic heterocycles. The van der Waals surface area contributed by atoms with Crippen LogP contribution in [-0.4, -0.2) is 50.5 Å². The van der Waals surface area contributed by atoms with Crippen LogP contribution in [0.3, 0.4) is 0 Å². The first-order valence-corrected chi connectivity index (χ1v) is 13.0. The Morgan fingerprint density at radius 1 is 1.22 bits per heavy atom. The first-order valence-electron chi connectivity index (χ1n) is 11.1. The Morgan fingerprint density at radius 3 is 2.81 bits per heavy atom. The van der Waals surface area contributed by atoms with Crippen molar-refractivity contribution >= 4 is 43.9 Å². The Balaban J connectivity index is 1.33. The summed E-state index contributed by atoms with van der Waals surface area (Å²) in [4.78, 5) is -0.609. The highest BCUT2D eigenvalue weighted by atomic mass is 35.5. The lowest BCUT2D eigenvalue weighted by Gasteiger charge is -2.17. The number of ether oxygens (including phenoxy) is 2. The molecule has 0 aliphatic rings. The molecule has 196 valence electrons. The number of sulfonamides is 1. The minimum absolute atomic E-state index is 0.00537. The van der Waals surface area contributed by atoms with Crippen molar-refractivity contribution in [3.63, 3.8) is 0 Å². The first-order chi connectivity index (χ1) is 17.7. The van der Waals surface area contributed by atoms with Gasteiger partial charge in [0, 0.05) is 30.4 Å². The van der Waals surface area contributed by atoms with Crippen LogP contribution in [0.4, 0.5) is 15.8 Å². The Bertz CT molecular complexity index is 1510. The molecular weight excluding hydrogens is 525 g/mol. The second-order valence-electron chi connectivity index (χ2n) is 8.01.